The quantitative estimate of drug-likeness (QED) is 0.669. The van der Waals surface area contributed by atoms with Crippen LogP contribution in [0.15, 0.2) is 41.3 Å². The molecule has 28 heavy (non-hydrogen) atoms. The second kappa shape index (κ2) is 7.34. The largest absolute Gasteiger partial charge is 0.486 e. The molecule has 0 saturated carbocycles. The van der Waals surface area contributed by atoms with Gasteiger partial charge in [0.25, 0.3) is 0 Å². The predicted octanol–water partition coefficient (Wildman–Crippen LogP) is 1.72. The SMILES string of the molecule is CN(CC(=O)Nc1ccc2c(c1)OCCO2)S(=O)(=O)c1cccc2nsnc12. The maximum absolute atomic E-state index is 12.9. The van der Waals surface area contributed by atoms with Crippen LogP contribution in [0.2, 0.25) is 0 Å². The van der Waals surface area contributed by atoms with Gasteiger partial charge in [-0.25, -0.2) is 8.42 Å². The third-order valence-corrected chi connectivity index (χ3v) is 6.51. The zero-order valence-corrected chi connectivity index (χ0v) is 16.4. The highest BCUT2D eigenvalue weighted by molar-refractivity contribution is 7.89. The number of amides is 1. The highest BCUT2D eigenvalue weighted by Gasteiger charge is 2.26. The number of carbonyl (C=O) groups excluding carboxylic acids is 1. The molecule has 2 aromatic carbocycles. The monoisotopic (exact) mass is 420 g/mol. The van der Waals surface area contributed by atoms with Crippen molar-refractivity contribution in [2.24, 2.45) is 0 Å². The molecule has 0 bridgehead atoms. The van der Waals surface area contributed by atoms with Crippen LogP contribution < -0.4 is 14.8 Å². The van der Waals surface area contributed by atoms with Gasteiger partial charge in [0.1, 0.15) is 29.1 Å². The van der Waals surface area contributed by atoms with Gasteiger partial charge < -0.3 is 14.8 Å². The van der Waals surface area contributed by atoms with Crippen LogP contribution in [-0.4, -0.2) is 54.2 Å². The molecule has 1 amide bonds. The minimum atomic E-state index is -3.91. The lowest BCUT2D eigenvalue weighted by Gasteiger charge is -2.20. The molecule has 0 unspecified atom stereocenters. The van der Waals surface area contributed by atoms with Crippen molar-refractivity contribution in [1.29, 1.82) is 0 Å². The first kappa shape index (κ1) is 18.6. The van der Waals surface area contributed by atoms with Crippen LogP contribution in [0, 0.1) is 0 Å². The zero-order valence-electron chi connectivity index (χ0n) is 14.8. The van der Waals surface area contributed by atoms with E-state index in [4.69, 9.17) is 9.47 Å². The topological polar surface area (TPSA) is 111 Å². The zero-order chi connectivity index (χ0) is 19.7. The third kappa shape index (κ3) is 3.51. The Bertz CT molecular complexity index is 1150. The molecule has 4 rings (SSSR count). The molecule has 1 aromatic heterocycles. The van der Waals surface area contributed by atoms with E-state index in [1.54, 1.807) is 30.3 Å². The Kier molecular flexibility index (Phi) is 4.87. The summed E-state index contributed by atoms with van der Waals surface area (Å²) < 4.78 is 45.7. The Morgan fingerprint density at radius 1 is 1.18 bits per heavy atom. The molecular weight excluding hydrogens is 404 g/mol. The van der Waals surface area contributed by atoms with E-state index in [9.17, 15) is 13.2 Å². The Hall–Kier alpha value is -2.76. The predicted molar refractivity (Wildman–Crippen MR) is 103 cm³/mol. The maximum atomic E-state index is 12.9. The van der Waals surface area contributed by atoms with Gasteiger partial charge >= 0.3 is 0 Å². The van der Waals surface area contributed by atoms with Gasteiger partial charge in [0.05, 0.1) is 18.3 Å². The Labute approximate surface area is 165 Å². The van der Waals surface area contributed by atoms with E-state index in [1.807, 2.05) is 0 Å². The number of hydrogen-bond acceptors (Lipinski definition) is 8. The fourth-order valence-corrected chi connectivity index (χ4v) is 4.64. The summed E-state index contributed by atoms with van der Waals surface area (Å²) in [6.45, 7) is 0.551. The minimum Gasteiger partial charge on any atom is -0.486 e. The van der Waals surface area contributed by atoms with E-state index in [2.05, 4.69) is 14.1 Å². The summed E-state index contributed by atoms with van der Waals surface area (Å²) in [7, 11) is -2.56. The molecule has 0 radical (unpaired) electrons. The third-order valence-electron chi connectivity index (χ3n) is 4.13. The van der Waals surface area contributed by atoms with E-state index in [0.29, 0.717) is 41.4 Å². The number of aromatic nitrogens is 2. The number of fused-ring (bicyclic) bond motifs is 2. The van der Waals surface area contributed by atoms with Gasteiger partial charge in [0.15, 0.2) is 11.5 Å². The van der Waals surface area contributed by atoms with Crippen molar-refractivity contribution < 1.29 is 22.7 Å². The van der Waals surface area contributed by atoms with Crippen LogP contribution in [-0.2, 0) is 14.8 Å². The Morgan fingerprint density at radius 3 is 2.79 bits per heavy atom. The Balaban J connectivity index is 1.49. The molecule has 0 aliphatic carbocycles. The van der Waals surface area contributed by atoms with Gasteiger partial charge in [-0.3, -0.25) is 4.79 Å². The molecule has 9 nitrogen and oxygen atoms in total. The lowest BCUT2D eigenvalue weighted by molar-refractivity contribution is -0.116. The molecular formula is C17H16N4O5S2. The number of likely N-dealkylation sites (N-methyl/N-ethyl adjacent to an activating group) is 1. The first-order valence-electron chi connectivity index (χ1n) is 8.32. The number of sulfonamides is 1. The van der Waals surface area contributed by atoms with E-state index >= 15 is 0 Å². The van der Waals surface area contributed by atoms with Gasteiger partial charge in [0, 0.05) is 18.8 Å². The summed E-state index contributed by atoms with van der Waals surface area (Å²) >= 11 is 0.937. The van der Waals surface area contributed by atoms with Gasteiger partial charge in [-0.15, -0.1) is 0 Å². The number of anilines is 1. The summed E-state index contributed by atoms with van der Waals surface area (Å²) in [5.41, 5.74) is 1.29. The highest BCUT2D eigenvalue weighted by Crippen LogP contribution is 2.32. The van der Waals surface area contributed by atoms with Gasteiger partial charge in [0.2, 0.25) is 15.9 Å². The van der Waals surface area contributed by atoms with Crippen molar-refractivity contribution in [2.45, 2.75) is 4.90 Å². The molecule has 3 aromatic rings. The van der Waals surface area contributed by atoms with Crippen LogP contribution in [0.4, 0.5) is 5.69 Å². The van der Waals surface area contributed by atoms with Crippen molar-refractivity contribution in [3.63, 3.8) is 0 Å². The van der Waals surface area contributed by atoms with Crippen molar-refractivity contribution in [3.05, 3.63) is 36.4 Å². The summed E-state index contributed by atoms with van der Waals surface area (Å²) in [5, 5.41) is 2.67. The number of benzene rings is 2. The molecule has 11 heteroatoms. The van der Waals surface area contributed by atoms with Gasteiger partial charge in [-0.2, -0.15) is 13.1 Å². The number of carbonyl (C=O) groups is 1. The van der Waals surface area contributed by atoms with Crippen LogP contribution in [0.3, 0.4) is 0 Å². The number of hydrogen-bond donors (Lipinski definition) is 1. The van der Waals surface area contributed by atoms with Crippen molar-refractivity contribution >= 4 is 44.4 Å². The fraction of sp³-hybridized carbons (Fsp3) is 0.235. The maximum Gasteiger partial charge on any atom is 0.245 e. The second-order valence-electron chi connectivity index (χ2n) is 6.06. The van der Waals surface area contributed by atoms with Crippen molar-refractivity contribution in [3.8, 4) is 11.5 Å². The molecule has 1 N–H and O–H groups in total. The Morgan fingerprint density at radius 2 is 1.96 bits per heavy atom. The van der Waals surface area contributed by atoms with E-state index in [1.165, 1.54) is 13.1 Å². The number of nitrogens with one attached hydrogen (secondary N) is 1. The van der Waals surface area contributed by atoms with Gasteiger partial charge in [-0.1, -0.05) is 6.07 Å². The fourth-order valence-electron chi connectivity index (χ4n) is 2.77. The standard InChI is InChI=1S/C17H16N4O5S2/c1-21(28(23,24)15-4-2-3-12-17(15)20-27-19-12)10-16(22)18-11-5-6-13-14(9-11)26-8-7-25-13/h2-6,9H,7-8,10H2,1H3,(H,18,22). The summed E-state index contributed by atoms with van der Waals surface area (Å²) in [4.78, 5) is 12.4. The first-order valence-corrected chi connectivity index (χ1v) is 10.5. The van der Waals surface area contributed by atoms with Gasteiger partial charge in [-0.05, 0) is 24.3 Å². The average Bonchev–Trinajstić information content (AvgIpc) is 3.16. The van der Waals surface area contributed by atoms with Crippen LogP contribution in [0.1, 0.15) is 0 Å². The minimum absolute atomic E-state index is 0.0216. The average molecular weight is 420 g/mol. The van der Waals surface area contributed by atoms with Crippen molar-refractivity contribution in [2.75, 3.05) is 32.1 Å². The van der Waals surface area contributed by atoms with Crippen LogP contribution in [0.5, 0.6) is 11.5 Å². The summed E-state index contributed by atoms with van der Waals surface area (Å²) in [6.07, 6.45) is 0. The first-order chi connectivity index (χ1) is 13.4. The number of nitrogens with zero attached hydrogens (tertiary/aromatic N) is 3. The molecule has 0 saturated heterocycles. The molecule has 0 fully saturated rings. The second-order valence-corrected chi connectivity index (χ2v) is 8.60. The van der Waals surface area contributed by atoms with E-state index < -0.39 is 15.9 Å². The summed E-state index contributed by atoms with van der Waals surface area (Å²) in [6, 6.07) is 9.74. The van der Waals surface area contributed by atoms with Crippen LogP contribution in [0.25, 0.3) is 11.0 Å². The summed E-state index contributed by atoms with van der Waals surface area (Å²) in [5.74, 6) is 0.660. The van der Waals surface area contributed by atoms with E-state index in [-0.39, 0.29) is 11.4 Å². The molecule has 1 aliphatic rings. The molecule has 146 valence electrons. The lowest BCUT2D eigenvalue weighted by Crippen LogP contribution is -2.35. The smallest absolute Gasteiger partial charge is 0.245 e. The molecule has 0 atom stereocenters. The number of ether oxygens (including phenoxy) is 2. The molecule has 1 aliphatic heterocycles. The lowest BCUT2D eigenvalue weighted by atomic mass is 10.2. The molecule has 0 spiro atoms. The molecule has 2 heterocycles. The van der Waals surface area contributed by atoms with Crippen molar-refractivity contribution in [1.82, 2.24) is 13.1 Å². The number of rotatable bonds is 5. The van der Waals surface area contributed by atoms with Crippen LogP contribution >= 0.6 is 11.7 Å². The van der Waals surface area contributed by atoms with E-state index in [0.717, 1.165) is 16.0 Å². The normalized spacial score (nSPS) is 13.6. The highest BCUT2D eigenvalue weighted by atomic mass is 32.2.